The van der Waals surface area contributed by atoms with E-state index in [1.807, 2.05) is 25.1 Å². The molecule has 1 atom stereocenters. The minimum Gasteiger partial charge on any atom is -0.507 e. The summed E-state index contributed by atoms with van der Waals surface area (Å²) in [5.41, 5.74) is 1.49. The van der Waals surface area contributed by atoms with E-state index >= 15 is 0 Å². The number of nitrogens with one attached hydrogen (secondary N) is 1. The van der Waals surface area contributed by atoms with Gasteiger partial charge in [-0.3, -0.25) is 4.79 Å². The minimum atomic E-state index is -0.551. The van der Waals surface area contributed by atoms with Crippen LogP contribution in [0.15, 0.2) is 57.7 Å². The Hall–Kier alpha value is -3.08. The Morgan fingerprint density at radius 1 is 1.23 bits per heavy atom. The predicted octanol–water partition coefficient (Wildman–Crippen LogP) is 4.20. The number of carbonyl (C=O) groups is 1. The van der Waals surface area contributed by atoms with Crippen LogP contribution in [0.3, 0.4) is 0 Å². The van der Waals surface area contributed by atoms with Crippen LogP contribution in [0.4, 0.5) is 5.69 Å². The number of anilines is 1. The predicted molar refractivity (Wildman–Crippen MR) is 101 cm³/mol. The highest BCUT2D eigenvalue weighted by atomic mass is 16.4. The van der Waals surface area contributed by atoms with E-state index in [9.17, 15) is 14.7 Å². The standard InChI is InChI=1S/C21H20NO4/c1-3-15(13-8-7-9-14(12-13)22-18(23)4-2)19-20(24)16-10-5-6-11-17(16)26-21(19)25/h4-12,15,24H,3H2,1-2H3,(H,22,23). The van der Waals surface area contributed by atoms with Crippen LogP contribution < -0.4 is 10.9 Å². The van der Waals surface area contributed by atoms with E-state index in [1.54, 1.807) is 37.3 Å². The average molecular weight is 350 g/mol. The van der Waals surface area contributed by atoms with E-state index in [-0.39, 0.29) is 23.1 Å². The Bertz CT molecular complexity index is 1010. The van der Waals surface area contributed by atoms with E-state index in [2.05, 4.69) is 5.32 Å². The van der Waals surface area contributed by atoms with Gasteiger partial charge >= 0.3 is 5.63 Å². The Morgan fingerprint density at radius 3 is 2.73 bits per heavy atom. The number of para-hydroxylation sites is 1. The highest BCUT2D eigenvalue weighted by molar-refractivity contribution is 5.96. The molecule has 3 aromatic rings. The number of carbonyl (C=O) groups excluding carboxylic acids is 1. The third-order valence-electron chi connectivity index (χ3n) is 4.40. The molecule has 2 aromatic carbocycles. The van der Waals surface area contributed by atoms with Gasteiger partial charge in [0.2, 0.25) is 5.91 Å². The van der Waals surface area contributed by atoms with Gasteiger partial charge in [-0.05, 0) is 36.2 Å². The number of fused-ring (bicyclic) bond motifs is 1. The number of hydrogen-bond acceptors (Lipinski definition) is 4. The number of aromatic hydroxyl groups is 1. The van der Waals surface area contributed by atoms with Gasteiger partial charge in [0.15, 0.2) is 0 Å². The molecule has 2 N–H and O–H groups in total. The highest BCUT2D eigenvalue weighted by Crippen LogP contribution is 2.36. The molecule has 0 aliphatic rings. The van der Waals surface area contributed by atoms with Crippen molar-refractivity contribution in [2.24, 2.45) is 0 Å². The lowest BCUT2D eigenvalue weighted by atomic mass is 9.88. The molecule has 0 spiro atoms. The van der Waals surface area contributed by atoms with Crippen LogP contribution in [0, 0.1) is 6.42 Å². The second kappa shape index (κ2) is 7.44. The van der Waals surface area contributed by atoms with E-state index in [4.69, 9.17) is 4.42 Å². The first-order valence-electron chi connectivity index (χ1n) is 8.50. The van der Waals surface area contributed by atoms with Gasteiger partial charge in [0, 0.05) is 18.0 Å². The third kappa shape index (κ3) is 3.33. The van der Waals surface area contributed by atoms with Crippen LogP contribution >= 0.6 is 0 Å². The molecule has 0 saturated carbocycles. The quantitative estimate of drug-likeness (QED) is 0.676. The van der Waals surface area contributed by atoms with Crippen molar-refractivity contribution in [1.82, 2.24) is 0 Å². The summed E-state index contributed by atoms with van der Waals surface area (Å²) in [5.74, 6) is -0.610. The van der Waals surface area contributed by atoms with Crippen molar-refractivity contribution in [2.75, 3.05) is 5.32 Å². The van der Waals surface area contributed by atoms with Gasteiger partial charge in [-0.1, -0.05) is 38.1 Å². The molecule has 5 nitrogen and oxygen atoms in total. The summed E-state index contributed by atoms with van der Waals surface area (Å²) in [6, 6.07) is 14.2. The molecule has 1 unspecified atom stereocenters. The zero-order valence-electron chi connectivity index (χ0n) is 14.7. The number of amides is 1. The Labute approximate surface area is 151 Å². The normalized spacial score (nSPS) is 12.1. The van der Waals surface area contributed by atoms with Crippen LogP contribution in [0.2, 0.25) is 0 Å². The van der Waals surface area contributed by atoms with Gasteiger partial charge in [0.05, 0.1) is 10.9 Å². The SMILES string of the molecule is C[CH]C(=O)Nc1cccc(C(CC)c2c(O)c3ccccc3oc2=O)c1. The van der Waals surface area contributed by atoms with Crippen LogP contribution in [-0.4, -0.2) is 11.0 Å². The van der Waals surface area contributed by atoms with Crippen molar-refractivity contribution in [3.05, 3.63) is 76.5 Å². The largest absolute Gasteiger partial charge is 0.507 e. The second-order valence-corrected chi connectivity index (χ2v) is 6.01. The lowest BCUT2D eigenvalue weighted by Crippen LogP contribution is -2.15. The van der Waals surface area contributed by atoms with Gasteiger partial charge in [-0.25, -0.2) is 4.79 Å². The van der Waals surface area contributed by atoms with Gasteiger partial charge in [0.1, 0.15) is 11.3 Å². The summed E-state index contributed by atoms with van der Waals surface area (Å²) in [6.45, 7) is 3.59. The highest BCUT2D eigenvalue weighted by Gasteiger charge is 2.23. The number of hydrogen-bond donors (Lipinski definition) is 2. The molecule has 133 valence electrons. The maximum atomic E-state index is 12.5. The van der Waals surface area contributed by atoms with Crippen LogP contribution in [-0.2, 0) is 4.79 Å². The lowest BCUT2D eigenvalue weighted by Gasteiger charge is -2.18. The first kappa shape index (κ1) is 17.7. The number of benzene rings is 2. The van der Waals surface area contributed by atoms with Crippen molar-refractivity contribution >= 4 is 22.6 Å². The Balaban J connectivity index is 2.10. The maximum Gasteiger partial charge on any atom is 0.343 e. The molecular formula is C21H20NO4. The first-order chi connectivity index (χ1) is 12.5. The van der Waals surface area contributed by atoms with Gasteiger partial charge < -0.3 is 14.8 Å². The summed E-state index contributed by atoms with van der Waals surface area (Å²) in [5, 5.41) is 14.0. The fourth-order valence-corrected chi connectivity index (χ4v) is 3.11. The molecular weight excluding hydrogens is 330 g/mol. The first-order valence-corrected chi connectivity index (χ1v) is 8.50. The molecule has 0 bridgehead atoms. The van der Waals surface area contributed by atoms with Crippen molar-refractivity contribution in [3.63, 3.8) is 0 Å². The van der Waals surface area contributed by atoms with Crippen LogP contribution in [0.1, 0.15) is 37.3 Å². The molecule has 0 saturated heterocycles. The van der Waals surface area contributed by atoms with Gasteiger partial charge in [-0.15, -0.1) is 0 Å². The molecule has 3 rings (SSSR count). The van der Waals surface area contributed by atoms with Crippen LogP contribution in [0.5, 0.6) is 5.75 Å². The number of rotatable bonds is 5. The van der Waals surface area contributed by atoms with Crippen molar-refractivity contribution in [2.45, 2.75) is 26.2 Å². The van der Waals surface area contributed by atoms with Crippen molar-refractivity contribution < 1.29 is 14.3 Å². The Morgan fingerprint density at radius 2 is 2.00 bits per heavy atom. The zero-order valence-corrected chi connectivity index (χ0v) is 14.7. The van der Waals surface area contributed by atoms with Crippen molar-refractivity contribution in [3.8, 4) is 5.75 Å². The fraction of sp³-hybridized carbons (Fsp3) is 0.190. The lowest BCUT2D eigenvalue weighted by molar-refractivity contribution is -0.113. The zero-order chi connectivity index (χ0) is 18.7. The molecule has 1 amide bonds. The molecule has 1 radical (unpaired) electrons. The molecule has 0 aliphatic carbocycles. The Kier molecular flexibility index (Phi) is 5.07. The monoisotopic (exact) mass is 350 g/mol. The second-order valence-electron chi connectivity index (χ2n) is 6.01. The topological polar surface area (TPSA) is 79.5 Å². The third-order valence-corrected chi connectivity index (χ3v) is 4.40. The average Bonchev–Trinajstić information content (AvgIpc) is 2.65. The molecule has 26 heavy (non-hydrogen) atoms. The smallest absolute Gasteiger partial charge is 0.343 e. The van der Waals surface area contributed by atoms with E-state index < -0.39 is 5.63 Å². The molecule has 1 aromatic heterocycles. The fourth-order valence-electron chi connectivity index (χ4n) is 3.11. The minimum absolute atomic E-state index is 0.0555. The summed E-state index contributed by atoms with van der Waals surface area (Å²) in [7, 11) is 0. The molecule has 0 fully saturated rings. The summed E-state index contributed by atoms with van der Waals surface area (Å²) < 4.78 is 5.40. The van der Waals surface area contributed by atoms with E-state index in [0.717, 1.165) is 5.56 Å². The van der Waals surface area contributed by atoms with Crippen LogP contribution in [0.25, 0.3) is 11.0 Å². The van der Waals surface area contributed by atoms with Crippen molar-refractivity contribution in [1.29, 1.82) is 0 Å². The summed E-state index contributed by atoms with van der Waals surface area (Å²) in [4.78, 5) is 24.1. The molecule has 1 heterocycles. The van der Waals surface area contributed by atoms with E-state index in [0.29, 0.717) is 23.1 Å². The van der Waals surface area contributed by atoms with E-state index in [1.165, 1.54) is 6.42 Å². The molecule has 5 heteroatoms. The van der Waals surface area contributed by atoms with Gasteiger partial charge in [0.25, 0.3) is 0 Å². The maximum absolute atomic E-state index is 12.5. The molecule has 0 aliphatic heterocycles. The summed E-state index contributed by atoms with van der Waals surface area (Å²) in [6.07, 6.45) is 2.03. The summed E-state index contributed by atoms with van der Waals surface area (Å²) >= 11 is 0. The van der Waals surface area contributed by atoms with Gasteiger partial charge in [-0.2, -0.15) is 0 Å².